The molecule has 0 amide bonds. The molecule has 0 spiro atoms. The number of carbonyl (C=O) groups is 3. The van der Waals surface area contributed by atoms with Crippen LogP contribution in [0.2, 0.25) is 0 Å². The van der Waals surface area contributed by atoms with Gasteiger partial charge in [-0.1, -0.05) is 137 Å². The van der Waals surface area contributed by atoms with Crippen LogP contribution in [-0.4, -0.2) is 147 Å². The fourth-order valence-electron chi connectivity index (χ4n) is 10.00. The molecule has 0 aliphatic heterocycles. The number of ether oxygens (including phenoxy) is 8. The van der Waals surface area contributed by atoms with Crippen LogP contribution in [0.3, 0.4) is 0 Å². The summed E-state index contributed by atoms with van der Waals surface area (Å²) < 4.78 is 45.0. The number of benzene rings is 6. The van der Waals surface area contributed by atoms with Gasteiger partial charge in [-0.15, -0.1) is 0 Å². The largest absolute Gasteiger partial charge is 0.497 e. The minimum Gasteiger partial charge on any atom is -0.497 e. The summed E-state index contributed by atoms with van der Waals surface area (Å²) in [6.45, 7) is 8.93. The molecule has 1 unspecified atom stereocenters. The van der Waals surface area contributed by atoms with E-state index in [1.807, 2.05) is 125 Å². The number of carbonyl (C=O) groups excluding carboxylic acids is 3. The molecule has 0 aliphatic rings. The third-order valence-electron chi connectivity index (χ3n) is 15.0. The molecule has 492 valence electrons. The minimum atomic E-state index is -0.293. The number of rotatable bonds is 39. The second kappa shape index (κ2) is 44.1. The third-order valence-corrected chi connectivity index (χ3v) is 15.0. The number of nitrogens with zero attached hydrogens (tertiary/aromatic N) is 3. The Kier molecular flexibility index (Phi) is 36.8. The predicted octanol–water partition coefficient (Wildman–Crippen LogP) is 14.1. The first-order valence-electron chi connectivity index (χ1n) is 32.4. The minimum absolute atomic E-state index is 0.0704. The molecule has 0 heterocycles. The van der Waals surface area contributed by atoms with E-state index in [0.717, 1.165) is 136 Å². The number of esters is 3. The van der Waals surface area contributed by atoms with Gasteiger partial charge in [0.1, 0.15) is 60.3 Å². The highest BCUT2D eigenvalue weighted by Gasteiger charge is 2.20. The third kappa shape index (κ3) is 31.4. The normalized spacial score (nSPS) is 11.9. The summed E-state index contributed by atoms with van der Waals surface area (Å²) in [5.41, 5.74) is 8.82. The van der Waals surface area contributed by atoms with E-state index >= 15 is 0 Å². The second-order valence-electron chi connectivity index (χ2n) is 23.6. The average molecular weight is 1240 g/mol. The van der Waals surface area contributed by atoms with Crippen LogP contribution in [0, 0.1) is 0 Å². The van der Waals surface area contributed by atoms with Gasteiger partial charge in [-0.2, -0.15) is 0 Å². The number of hydrogen-bond acceptors (Lipinski definition) is 14. The van der Waals surface area contributed by atoms with Gasteiger partial charge in [0.2, 0.25) is 0 Å². The van der Waals surface area contributed by atoms with Crippen molar-refractivity contribution >= 4 is 17.9 Å². The monoisotopic (exact) mass is 1240 g/mol. The molecule has 0 radical (unpaired) electrons. The number of hydrogen-bond donors (Lipinski definition) is 0. The molecule has 6 aromatic rings. The van der Waals surface area contributed by atoms with Gasteiger partial charge in [-0.25, -0.2) is 0 Å². The Morgan fingerprint density at radius 1 is 0.356 bits per heavy atom. The van der Waals surface area contributed by atoms with E-state index in [1.165, 1.54) is 27.8 Å². The summed E-state index contributed by atoms with van der Waals surface area (Å²) in [7, 11) is 17.0. The lowest BCUT2D eigenvalue weighted by Crippen LogP contribution is -2.35. The highest BCUT2D eigenvalue weighted by atomic mass is 16.6. The van der Waals surface area contributed by atoms with Gasteiger partial charge in [0.25, 0.3) is 0 Å². The van der Waals surface area contributed by atoms with Crippen molar-refractivity contribution in [3.8, 4) is 28.7 Å². The van der Waals surface area contributed by atoms with Crippen molar-refractivity contribution in [1.82, 2.24) is 14.7 Å². The summed E-state index contributed by atoms with van der Waals surface area (Å²) in [6, 6.07) is 49.3. The van der Waals surface area contributed by atoms with Crippen LogP contribution < -0.4 is 23.7 Å². The van der Waals surface area contributed by atoms with Crippen LogP contribution in [0.15, 0.2) is 146 Å². The topological polar surface area (TPSA) is 135 Å². The van der Waals surface area contributed by atoms with Gasteiger partial charge in [-0.3, -0.25) is 14.4 Å². The number of para-hydroxylation sites is 2. The Morgan fingerprint density at radius 2 is 0.644 bits per heavy atom. The average Bonchev–Trinajstić information content (AvgIpc) is 2.59. The van der Waals surface area contributed by atoms with Gasteiger partial charge in [0.05, 0.1) is 21.3 Å². The van der Waals surface area contributed by atoms with Crippen molar-refractivity contribution in [3.05, 3.63) is 185 Å². The van der Waals surface area contributed by atoms with Gasteiger partial charge in [0, 0.05) is 38.9 Å². The van der Waals surface area contributed by atoms with E-state index in [2.05, 4.69) is 98.5 Å². The van der Waals surface area contributed by atoms with Crippen LogP contribution in [0.1, 0.15) is 124 Å². The van der Waals surface area contributed by atoms with E-state index < -0.39 is 0 Å². The van der Waals surface area contributed by atoms with Crippen molar-refractivity contribution in [2.24, 2.45) is 0 Å². The zero-order chi connectivity index (χ0) is 65.3. The lowest BCUT2D eigenvalue weighted by Gasteiger charge is -2.22. The molecule has 0 bridgehead atoms. The fraction of sp³-hybridized carbons (Fsp3) is 0.487. The van der Waals surface area contributed by atoms with E-state index in [1.54, 1.807) is 21.3 Å². The molecule has 0 saturated carbocycles. The Hall–Kier alpha value is -7.39. The Labute approximate surface area is 540 Å². The summed E-state index contributed by atoms with van der Waals surface area (Å²) in [6.07, 6.45) is 13.6. The zero-order valence-corrected chi connectivity index (χ0v) is 56.5. The molecule has 0 saturated heterocycles. The first-order chi connectivity index (χ1) is 43.5. The Bertz CT molecular complexity index is 2580. The quantitative estimate of drug-likeness (QED) is 0.0268. The highest BCUT2D eigenvalue weighted by Crippen LogP contribution is 2.25. The Morgan fingerprint density at radius 3 is 0.967 bits per heavy atom. The zero-order valence-electron chi connectivity index (χ0n) is 56.5. The molecule has 90 heavy (non-hydrogen) atoms. The molecule has 14 heteroatoms. The van der Waals surface area contributed by atoms with Crippen molar-refractivity contribution < 1.29 is 52.3 Å². The number of aryl methyl sites for hydroxylation is 7. The smallest absolute Gasteiger partial charge is 0.306 e. The van der Waals surface area contributed by atoms with Crippen molar-refractivity contribution in [2.45, 2.75) is 148 Å². The first kappa shape index (κ1) is 75.1. The van der Waals surface area contributed by atoms with Gasteiger partial charge in [0.15, 0.2) is 0 Å². The van der Waals surface area contributed by atoms with E-state index in [-0.39, 0.29) is 36.2 Å². The van der Waals surface area contributed by atoms with Gasteiger partial charge >= 0.3 is 17.9 Å². The van der Waals surface area contributed by atoms with Crippen LogP contribution in [0.5, 0.6) is 28.7 Å². The SMILES string of the molecule is CCCCC(=O)OC(COc1ccccc1CCc1ccc(OC)cc1)CN(C)C.CCCCC(=O)O[C@@H](COc1ccccc1CCc1ccc(OC)cc1)CN(C)C.CCCCC(=O)O[C@H](CCc1ccccc1CCc1ccc(OC)cc1)CN(C)C. The summed E-state index contributed by atoms with van der Waals surface area (Å²) in [5, 5.41) is 0. The number of methoxy groups -OCH3 is 3. The van der Waals surface area contributed by atoms with Crippen LogP contribution in [0.4, 0.5) is 0 Å². The molecule has 3 atom stereocenters. The maximum Gasteiger partial charge on any atom is 0.306 e. The van der Waals surface area contributed by atoms with Crippen LogP contribution >= 0.6 is 0 Å². The highest BCUT2D eigenvalue weighted by molar-refractivity contribution is 5.70. The number of unbranched alkanes of at least 4 members (excludes halogenated alkanes) is 3. The van der Waals surface area contributed by atoms with Crippen molar-refractivity contribution in [2.75, 3.05) is 96.5 Å². The molecule has 0 fully saturated rings. The molecule has 0 N–H and O–H groups in total. The standard InChI is InChI=1S/C26H37NO3.2C25H35NO4/c1-5-6-11-26(28)30-25(20-27(2)3)19-16-23-10-8-7-9-22(23)15-12-21-13-17-24(29-4)18-14-21;2*1-5-6-11-25(27)30-23(18-26(2)3)19-29-24-10-8-7-9-21(24)15-12-20-13-16-22(28-4)17-14-20/h7-10,13-14,17-18,25H,5-6,11-12,15-16,19-20H2,1-4H3;2*7-10,13-14,16-17,23H,5-6,11-12,15,18-19H2,1-4H3/t25-;23-;/m11./s1. The van der Waals surface area contributed by atoms with Gasteiger partial charge < -0.3 is 52.6 Å². The Balaban J connectivity index is 0.000000288. The van der Waals surface area contributed by atoms with Crippen molar-refractivity contribution in [1.29, 1.82) is 0 Å². The van der Waals surface area contributed by atoms with Crippen LogP contribution in [-0.2, 0) is 73.5 Å². The van der Waals surface area contributed by atoms with Gasteiger partial charge in [-0.05, 0) is 200 Å². The summed E-state index contributed by atoms with van der Waals surface area (Å²) in [5.74, 6) is 3.93. The molecule has 0 aromatic heterocycles. The maximum atomic E-state index is 12.1. The molecule has 14 nitrogen and oxygen atoms in total. The van der Waals surface area contributed by atoms with E-state index in [4.69, 9.17) is 37.9 Å². The fourth-order valence-corrected chi connectivity index (χ4v) is 10.00. The summed E-state index contributed by atoms with van der Waals surface area (Å²) in [4.78, 5) is 42.4. The number of likely N-dealkylation sites (N-methyl/N-ethyl adjacent to an activating group) is 3. The molecule has 6 rings (SSSR count). The van der Waals surface area contributed by atoms with Crippen molar-refractivity contribution in [3.63, 3.8) is 0 Å². The lowest BCUT2D eigenvalue weighted by atomic mass is 9.96. The lowest BCUT2D eigenvalue weighted by molar-refractivity contribution is -0.152. The molecule has 6 aromatic carbocycles. The van der Waals surface area contributed by atoms with Crippen LogP contribution in [0.25, 0.3) is 0 Å². The molecular formula is C76H107N3O11. The first-order valence-corrected chi connectivity index (χ1v) is 32.4. The summed E-state index contributed by atoms with van der Waals surface area (Å²) >= 11 is 0. The van der Waals surface area contributed by atoms with E-state index in [0.29, 0.717) is 45.6 Å². The maximum absolute atomic E-state index is 12.1. The molecule has 0 aliphatic carbocycles. The molecular weight excluding hydrogens is 1130 g/mol. The van der Waals surface area contributed by atoms with E-state index in [9.17, 15) is 14.4 Å². The second-order valence-corrected chi connectivity index (χ2v) is 23.6. The predicted molar refractivity (Wildman–Crippen MR) is 364 cm³/mol.